The minimum Gasteiger partial charge on any atom is -0.497 e. The quantitative estimate of drug-likeness (QED) is 0.479. The van der Waals surface area contributed by atoms with Crippen molar-refractivity contribution in [2.24, 2.45) is 0 Å². The zero-order valence-corrected chi connectivity index (χ0v) is 21.3. The first-order chi connectivity index (χ1) is 13.9. The maximum absolute atomic E-state index is 6.15. The monoisotopic (exact) mass is 418 g/mol. The molecule has 1 nitrogen and oxygen atoms in total. The van der Waals surface area contributed by atoms with Gasteiger partial charge in [-0.3, -0.25) is 0 Å². The van der Waals surface area contributed by atoms with Crippen molar-refractivity contribution < 1.29 is 4.74 Å². The van der Waals surface area contributed by atoms with E-state index in [1.165, 1.54) is 27.5 Å². The second-order valence-corrected chi connectivity index (χ2v) is 15.5. The third kappa shape index (κ3) is 4.20. The van der Waals surface area contributed by atoms with Gasteiger partial charge < -0.3 is 4.74 Å². The fourth-order valence-corrected chi connectivity index (χ4v) is 7.63. The van der Waals surface area contributed by atoms with Gasteiger partial charge in [-0.25, -0.2) is 0 Å². The van der Waals surface area contributed by atoms with Crippen LogP contribution in [0.3, 0.4) is 0 Å². The zero-order chi connectivity index (χ0) is 22.3. The minimum atomic E-state index is -1.99. The van der Waals surface area contributed by atoms with Gasteiger partial charge in [0.25, 0.3) is 0 Å². The molecule has 2 aromatic carbocycles. The molecule has 1 aliphatic rings. The van der Waals surface area contributed by atoms with Crippen LogP contribution in [0.2, 0.25) is 13.1 Å². The fourth-order valence-electron chi connectivity index (χ4n) is 4.45. The summed E-state index contributed by atoms with van der Waals surface area (Å²) in [7, 11) is -0.144. The molecule has 0 heterocycles. The summed E-state index contributed by atoms with van der Waals surface area (Å²) in [6.07, 6.45) is 5.69. The van der Waals surface area contributed by atoms with Crippen LogP contribution in [0, 0.1) is 0 Å². The highest BCUT2D eigenvalue weighted by molar-refractivity contribution is 6.97. The highest BCUT2D eigenvalue weighted by atomic mass is 28.3. The van der Waals surface area contributed by atoms with Gasteiger partial charge in [0.05, 0.1) is 7.11 Å². The van der Waals surface area contributed by atoms with Gasteiger partial charge in [-0.2, -0.15) is 0 Å². The first-order valence-corrected chi connectivity index (χ1v) is 14.1. The van der Waals surface area contributed by atoms with Crippen LogP contribution in [-0.4, -0.2) is 15.2 Å². The number of rotatable bonds is 4. The predicted octanol–water partition coefficient (Wildman–Crippen LogP) is 7.16. The summed E-state index contributed by atoms with van der Waals surface area (Å²) < 4.78 is 6.15. The van der Waals surface area contributed by atoms with Crippen molar-refractivity contribution in [2.45, 2.75) is 71.9 Å². The molecular weight excluding hydrogens is 380 g/mol. The second kappa shape index (κ2) is 7.89. The van der Waals surface area contributed by atoms with Crippen molar-refractivity contribution in [3.05, 3.63) is 76.5 Å². The van der Waals surface area contributed by atoms with Crippen LogP contribution in [0.25, 0.3) is 5.57 Å². The summed E-state index contributed by atoms with van der Waals surface area (Å²) in [5.41, 5.74) is 5.57. The number of allylic oxidation sites excluding steroid dienone is 4. The van der Waals surface area contributed by atoms with Gasteiger partial charge in [-0.05, 0) is 44.7 Å². The molecule has 0 fully saturated rings. The van der Waals surface area contributed by atoms with Crippen LogP contribution in [0.5, 0.6) is 5.75 Å². The van der Waals surface area contributed by atoms with Crippen LogP contribution in [-0.2, 0) is 10.8 Å². The SMILES string of the molecule is COc1c(C(C)(C)C)cc(C(C)(C)C)cc1[Si](C)(C)C1=C(c2ccccc2)C=CC1. The summed E-state index contributed by atoms with van der Waals surface area (Å²) in [6, 6.07) is 15.7. The Kier molecular flexibility index (Phi) is 5.95. The van der Waals surface area contributed by atoms with E-state index in [1.54, 1.807) is 5.20 Å². The van der Waals surface area contributed by atoms with E-state index in [2.05, 4.69) is 109 Å². The van der Waals surface area contributed by atoms with Crippen LogP contribution in [0.1, 0.15) is 64.7 Å². The van der Waals surface area contributed by atoms with Crippen LogP contribution < -0.4 is 9.92 Å². The van der Waals surface area contributed by atoms with Gasteiger partial charge in [0.15, 0.2) is 0 Å². The van der Waals surface area contributed by atoms with Crippen molar-refractivity contribution >= 4 is 18.8 Å². The Morgan fingerprint density at radius 3 is 2.03 bits per heavy atom. The molecule has 0 radical (unpaired) electrons. The lowest BCUT2D eigenvalue weighted by Crippen LogP contribution is -2.46. The number of hydrogen-bond acceptors (Lipinski definition) is 1. The van der Waals surface area contributed by atoms with Gasteiger partial charge in [0, 0.05) is 0 Å². The summed E-state index contributed by atoms with van der Waals surface area (Å²) in [5.74, 6) is 1.10. The largest absolute Gasteiger partial charge is 0.497 e. The molecule has 0 aliphatic heterocycles. The predicted molar refractivity (Wildman–Crippen MR) is 135 cm³/mol. The molecular formula is C28H38OSi. The van der Waals surface area contributed by atoms with E-state index in [0.717, 1.165) is 12.2 Å². The highest BCUT2D eigenvalue weighted by Crippen LogP contribution is 2.40. The molecule has 0 amide bonds. The normalized spacial score (nSPS) is 15.1. The maximum atomic E-state index is 6.15. The molecule has 0 bridgehead atoms. The zero-order valence-electron chi connectivity index (χ0n) is 20.3. The van der Waals surface area contributed by atoms with Gasteiger partial charge in [-0.1, -0.05) is 114 Å². The lowest BCUT2D eigenvalue weighted by molar-refractivity contribution is 0.400. The van der Waals surface area contributed by atoms with E-state index in [4.69, 9.17) is 4.74 Å². The number of methoxy groups -OCH3 is 1. The Bertz CT molecular complexity index is 980. The van der Waals surface area contributed by atoms with Crippen LogP contribution >= 0.6 is 0 Å². The lowest BCUT2D eigenvalue weighted by atomic mass is 9.80. The van der Waals surface area contributed by atoms with Gasteiger partial charge in [-0.15, -0.1) is 0 Å². The molecule has 2 aromatic rings. The fraction of sp³-hybridized carbons (Fsp3) is 0.429. The number of ether oxygens (including phenoxy) is 1. The topological polar surface area (TPSA) is 9.23 Å². The Labute approximate surface area is 184 Å². The molecule has 2 heteroatoms. The summed E-state index contributed by atoms with van der Waals surface area (Å²) in [5, 5.41) is 3.02. The smallest absolute Gasteiger partial charge is 0.122 e. The Hall–Kier alpha value is -2.06. The van der Waals surface area contributed by atoms with E-state index < -0.39 is 8.07 Å². The molecule has 0 N–H and O–H groups in total. The third-order valence-electron chi connectivity index (χ3n) is 6.41. The summed E-state index contributed by atoms with van der Waals surface area (Å²) in [6.45, 7) is 18.8. The molecule has 0 aromatic heterocycles. The molecule has 1 aliphatic carbocycles. The molecule has 160 valence electrons. The highest BCUT2D eigenvalue weighted by Gasteiger charge is 2.37. The summed E-state index contributed by atoms with van der Waals surface area (Å²) in [4.78, 5) is 0. The average Bonchev–Trinajstić information content (AvgIpc) is 3.17. The van der Waals surface area contributed by atoms with Crippen LogP contribution in [0.15, 0.2) is 59.8 Å². The molecule has 0 atom stereocenters. The molecule has 0 spiro atoms. The number of benzene rings is 2. The van der Waals surface area contributed by atoms with Crippen molar-refractivity contribution in [1.29, 1.82) is 0 Å². The van der Waals surface area contributed by atoms with Gasteiger partial charge in [0.2, 0.25) is 0 Å². The Morgan fingerprint density at radius 2 is 1.50 bits per heavy atom. The molecule has 0 saturated heterocycles. The minimum absolute atomic E-state index is 0.0242. The molecule has 30 heavy (non-hydrogen) atoms. The lowest BCUT2D eigenvalue weighted by Gasteiger charge is -2.34. The maximum Gasteiger partial charge on any atom is 0.122 e. The summed E-state index contributed by atoms with van der Waals surface area (Å²) >= 11 is 0. The first-order valence-electron chi connectivity index (χ1n) is 11.1. The Morgan fingerprint density at radius 1 is 0.867 bits per heavy atom. The molecule has 0 saturated carbocycles. The van der Waals surface area contributed by atoms with Crippen molar-refractivity contribution in [2.75, 3.05) is 7.11 Å². The van der Waals surface area contributed by atoms with Crippen molar-refractivity contribution in [3.63, 3.8) is 0 Å². The van der Waals surface area contributed by atoms with E-state index >= 15 is 0 Å². The standard InChI is InChI=1S/C28H38OSi/c1-27(2,3)21-18-23(28(4,5)6)26(29-7)25(19-21)30(8,9)24-17-13-16-22(24)20-14-11-10-12-15-20/h10-16,18-19H,17H2,1-9H3. The number of hydrogen-bond donors (Lipinski definition) is 0. The average molecular weight is 419 g/mol. The Balaban J connectivity index is 2.30. The van der Waals surface area contributed by atoms with E-state index in [-0.39, 0.29) is 10.8 Å². The van der Waals surface area contributed by atoms with Gasteiger partial charge in [0.1, 0.15) is 13.8 Å². The van der Waals surface area contributed by atoms with Crippen molar-refractivity contribution in [1.82, 2.24) is 0 Å². The molecule has 3 rings (SSSR count). The van der Waals surface area contributed by atoms with Gasteiger partial charge >= 0.3 is 0 Å². The van der Waals surface area contributed by atoms with E-state index in [1.807, 2.05) is 7.11 Å². The van der Waals surface area contributed by atoms with E-state index in [9.17, 15) is 0 Å². The van der Waals surface area contributed by atoms with Crippen molar-refractivity contribution in [3.8, 4) is 5.75 Å². The molecule has 0 unspecified atom stereocenters. The first kappa shape index (κ1) is 22.6. The second-order valence-electron chi connectivity index (χ2n) is 11.1. The van der Waals surface area contributed by atoms with E-state index in [0.29, 0.717) is 0 Å². The third-order valence-corrected chi connectivity index (χ3v) is 10.1. The van der Waals surface area contributed by atoms with Crippen LogP contribution in [0.4, 0.5) is 0 Å².